The van der Waals surface area contributed by atoms with E-state index in [1.165, 1.54) is 103 Å². The number of allylic oxidation sites excluding steroid dienone is 1. The van der Waals surface area contributed by atoms with E-state index >= 15 is 0 Å². The molecule has 45 heavy (non-hydrogen) atoms. The van der Waals surface area contributed by atoms with Crippen LogP contribution in [0.2, 0.25) is 0 Å². The predicted octanol–water partition coefficient (Wildman–Crippen LogP) is 5.83. The Hall–Kier alpha value is -1.07. The summed E-state index contributed by atoms with van der Waals surface area (Å²) in [5, 5.41) is 53.2. The van der Waals surface area contributed by atoms with Gasteiger partial charge in [-0.15, -0.1) is 0 Å². The molecule has 9 nitrogen and oxygen atoms in total. The monoisotopic (exact) mass is 644 g/mol. The Labute approximate surface area is 274 Å². The summed E-state index contributed by atoms with van der Waals surface area (Å²) in [4.78, 5) is 12.4. The van der Waals surface area contributed by atoms with E-state index in [0.717, 1.165) is 32.1 Å². The molecule has 0 saturated carbocycles. The average Bonchev–Trinajstić information content (AvgIpc) is 3.04. The number of rotatable bonds is 29. The maximum atomic E-state index is 12.4. The molecule has 1 saturated heterocycles. The van der Waals surface area contributed by atoms with Crippen LogP contribution in [-0.2, 0) is 14.3 Å². The molecule has 1 aliphatic rings. The van der Waals surface area contributed by atoms with E-state index in [9.17, 15) is 30.3 Å². The van der Waals surface area contributed by atoms with E-state index in [4.69, 9.17) is 9.47 Å². The highest BCUT2D eigenvalue weighted by Gasteiger charge is 2.44. The van der Waals surface area contributed by atoms with Crippen LogP contribution < -0.4 is 5.32 Å². The van der Waals surface area contributed by atoms with E-state index in [0.29, 0.717) is 6.42 Å². The molecule has 1 aliphatic heterocycles. The zero-order valence-electron chi connectivity index (χ0n) is 28.6. The topological polar surface area (TPSA) is 149 Å². The van der Waals surface area contributed by atoms with E-state index in [2.05, 4.69) is 12.2 Å². The number of nitrogens with one attached hydrogen (secondary N) is 1. The van der Waals surface area contributed by atoms with Gasteiger partial charge in [0.2, 0.25) is 5.91 Å². The highest BCUT2D eigenvalue weighted by atomic mass is 16.7. The number of aliphatic hydroxyl groups excluding tert-OH is 5. The lowest BCUT2D eigenvalue weighted by molar-refractivity contribution is -0.302. The Kier molecular flexibility index (Phi) is 26.1. The first-order valence-electron chi connectivity index (χ1n) is 18.4. The van der Waals surface area contributed by atoms with Gasteiger partial charge in [-0.1, -0.05) is 142 Å². The van der Waals surface area contributed by atoms with E-state index < -0.39 is 49.5 Å². The summed E-state index contributed by atoms with van der Waals surface area (Å²) < 4.78 is 11.0. The van der Waals surface area contributed by atoms with Crippen molar-refractivity contribution in [3.05, 3.63) is 12.2 Å². The number of hydrogen-bond acceptors (Lipinski definition) is 8. The molecule has 1 heterocycles. The maximum absolute atomic E-state index is 12.4. The summed E-state index contributed by atoms with van der Waals surface area (Å²) >= 11 is 0. The predicted molar refractivity (Wildman–Crippen MR) is 180 cm³/mol. The highest BCUT2D eigenvalue weighted by Crippen LogP contribution is 2.22. The van der Waals surface area contributed by atoms with Crippen molar-refractivity contribution < 1.29 is 39.8 Å². The molecular formula is C36H69NO8. The molecule has 7 unspecified atom stereocenters. The van der Waals surface area contributed by atoms with E-state index in [1.807, 2.05) is 13.0 Å². The lowest BCUT2D eigenvalue weighted by Gasteiger charge is -2.40. The Morgan fingerprint density at radius 3 is 1.71 bits per heavy atom. The van der Waals surface area contributed by atoms with Crippen LogP contribution in [0, 0.1) is 0 Å². The second-order valence-corrected chi connectivity index (χ2v) is 13.0. The second-order valence-electron chi connectivity index (χ2n) is 13.0. The maximum Gasteiger partial charge on any atom is 0.220 e. The van der Waals surface area contributed by atoms with Crippen molar-refractivity contribution in [3.8, 4) is 0 Å². The standard InChI is InChI=1S/C36H69NO8/c1-3-5-7-8-9-10-11-12-13-14-15-16-17-18-19-20-21-22-23-24-25-30(39)29(37-32(40)26-6-4-2)28-44-36-35(43)34(42)33(41)31(27-38)45-36/h24-25,29-31,33-36,38-39,41-43H,3-23,26-28H2,1-2H3,(H,37,40)/b25-24+. The van der Waals surface area contributed by atoms with Crippen LogP contribution in [-0.4, -0.2) is 87.5 Å². The SMILES string of the molecule is CCCCCCCCCCCCCCCCCCCC/C=C/C(O)C(COC1OC(CO)C(O)C(O)C1O)NC(=O)CCCC. The molecule has 6 N–H and O–H groups in total. The summed E-state index contributed by atoms with van der Waals surface area (Å²) in [5.41, 5.74) is 0. The van der Waals surface area contributed by atoms with Gasteiger partial charge in [0.05, 0.1) is 25.4 Å². The van der Waals surface area contributed by atoms with Gasteiger partial charge in [-0.25, -0.2) is 0 Å². The fraction of sp³-hybridized carbons (Fsp3) is 0.917. The van der Waals surface area contributed by atoms with Gasteiger partial charge in [0.25, 0.3) is 0 Å². The van der Waals surface area contributed by atoms with Gasteiger partial charge in [-0.05, 0) is 19.3 Å². The van der Waals surface area contributed by atoms with Gasteiger partial charge >= 0.3 is 0 Å². The number of unbranched alkanes of at least 4 members (excludes halogenated alkanes) is 19. The van der Waals surface area contributed by atoms with Crippen molar-refractivity contribution in [2.75, 3.05) is 13.2 Å². The normalized spacial score (nSPS) is 23.4. The molecule has 1 fully saturated rings. The van der Waals surface area contributed by atoms with E-state index in [-0.39, 0.29) is 12.5 Å². The first-order valence-corrected chi connectivity index (χ1v) is 18.4. The average molecular weight is 644 g/mol. The van der Waals surface area contributed by atoms with Crippen LogP contribution in [0.25, 0.3) is 0 Å². The number of carbonyl (C=O) groups is 1. The van der Waals surface area contributed by atoms with Crippen molar-refractivity contribution in [1.82, 2.24) is 5.32 Å². The molecule has 0 radical (unpaired) electrons. The molecule has 9 heteroatoms. The molecule has 0 aromatic carbocycles. The van der Waals surface area contributed by atoms with Gasteiger partial charge in [0.1, 0.15) is 24.4 Å². The summed E-state index contributed by atoms with van der Waals surface area (Å²) in [7, 11) is 0. The third-order valence-electron chi connectivity index (χ3n) is 8.86. The number of amides is 1. The lowest BCUT2D eigenvalue weighted by atomic mass is 9.99. The van der Waals surface area contributed by atoms with Gasteiger partial charge in [-0.2, -0.15) is 0 Å². The highest BCUT2D eigenvalue weighted by molar-refractivity contribution is 5.76. The van der Waals surface area contributed by atoms with Crippen LogP contribution >= 0.6 is 0 Å². The third kappa shape index (κ3) is 20.0. The minimum Gasteiger partial charge on any atom is -0.394 e. The Bertz CT molecular complexity index is 721. The third-order valence-corrected chi connectivity index (χ3v) is 8.86. The smallest absolute Gasteiger partial charge is 0.220 e. The van der Waals surface area contributed by atoms with Crippen molar-refractivity contribution in [2.24, 2.45) is 0 Å². The van der Waals surface area contributed by atoms with E-state index in [1.54, 1.807) is 6.08 Å². The molecule has 0 spiro atoms. The number of ether oxygens (including phenoxy) is 2. The lowest BCUT2D eigenvalue weighted by Crippen LogP contribution is -2.60. The number of carbonyl (C=O) groups excluding carboxylic acids is 1. The molecule has 0 bridgehead atoms. The second kappa shape index (κ2) is 28.0. The largest absolute Gasteiger partial charge is 0.394 e. The summed E-state index contributed by atoms with van der Waals surface area (Å²) in [6.45, 7) is 3.51. The van der Waals surface area contributed by atoms with Crippen molar-refractivity contribution >= 4 is 5.91 Å². The molecule has 1 rings (SSSR count). The quantitative estimate of drug-likeness (QED) is 0.0441. The summed E-state index contributed by atoms with van der Waals surface area (Å²) in [6, 6.07) is -0.793. The number of hydrogen-bond donors (Lipinski definition) is 6. The fourth-order valence-corrected chi connectivity index (χ4v) is 5.78. The summed E-state index contributed by atoms with van der Waals surface area (Å²) in [5.74, 6) is -0.213. The molecular weight excluding hydrogens is 574 g/mol. The van der Waals surface area contributed by atoms with Crippen LogP contribution in [0.1, 0.15) is 155 Å². The Morgan fingerprint density at radius 2 is 1.22 bits per heavy atom. The van der Waals surface area contributed by atoms with Crippen LogP contribution in [0.15, 0.2) is 12.2 Å². The Balaban J connectivity index is 2.22. The van der Waals surface area contributed by atoms with Crippen LogP contribution in [0.3, 0.4) is 0 Å². The molecule has 0 aromatic rings. The zero-order chi connectivity index (χ0) is 33.1. The zero-order valence-corrected chi connectivity index (χ0v) is 28.6. The van der Waals surface area contributed by atoms with Crippen LogP contribution in [0.5, 0.6) is 0 Å². The molecule has 7 atom stereocenters. The van der Waals surface area contributed by atoms with Gasteiger partial charge in [0, 0.05) is 6.42 Å². The Morgan fingerprint density at radius 1 is 0.733 bits per heavy atom. The minimum absolute atomic E-state index is 0.189. The van der Waals surface area contributed by atoms with Gasteiger partial charge in [-0.3, -0.25) is 4.79 Å². The summed E-state index contributed by atoms with van der Waals surface area (Å²) in [6.07, 6.45) is 22.3. The first kappa shape index (κ1) is 42.0. The fourth-order valence-electron chi connectivity index (χ4n) is 5.78. The molecule has 266 valence electrons. The van der Waals surface area contributed by atoms with Crippen LogP contribution in [0.4, 0.5) is 0 Å². The van der Waals surface area contributed by atoms with Gasteiger partial charge < -0.3 is 40.3 Å². The molecule has 1 amide bonds. The van der Waals surface area contributed by atoms with Crippen molar-refractivity contribution in [1.29, 1.82) is 0 Å². The van der Waals surface area contributed by atoms with Gasteiger partial charge in [0.15, 0.2) is 6.29 Å². The molecule has 0 aromatic heterocycles. The number of aliphatic hydroxyl groups is 5. The van der Waals surface area contributed by atoms with Crippen molar-refractivity contribution in [3.63, 3.8) is 0 Å². The molecule has 0 aliphatic carbocycles. The first-order chi connectivity index (χ1) is 21.8. The van der Waals surface area contributed by atoms with Crippen molar-refractivity contribution in [2.45, 2.75) is 198 Å². The minimum atomic E-state index is -1.56.